The zero-order valence-corrected chi connectivity index (χ0v) is 15.7. The molecular formula is C21H24N2O4. The van der Waals surface area contributed by atoms with Crippen molar-refractivity contribution in [2.75, 3.05) is 50.3 Å². The Morgan fingerprint density at radius 1 is 1.07 bits per heavy atom. The van der Waals surface area contributed by atoms with Gasteiger partial charge in [-0.2, -0.15) is 0 Å². The van der Waals surface area contributed by atoms with Gasteiger partial charge in [0.1, 0.15) is 18.0 Å². The van der Waals surface area contributed by atoms with Gasteiger partial charge in [0.2, 0.25) is 5.91 Å². The minimum absolute atomic E-state index is 0.128. The quantitative estimate of drug-likeness (QED) is 0.812. The number of hydrogen-bond acceptors (Lipinski definition) is 5. The molecule has 2 aromatic carbocycles. The molecule has 1 amide bonds. The molecule has 0 aliphatic carbocycles. The normalized spacial score (nSPS) is 15.0. The summed E-state index contributed by atoms with van der Waals surface area (Å²) < 4.78 is 16.4. The van der Waals surface area contributed by atoms with Crippen molar-refractivity contribution in [3.8, 4) is 17.2 Å². The van der Waals surface area contributed by atoms with Crippen molar-refractivity contribution in [3.63, 3.8) is 0 Å². The minimum Gasteiger partial charge on any atom is -0.493 e. The van der Waals surface area contributed by atoms with E-state index >= 15 is 0 Å². The molecule has 0 N–H and O–H groups in total. The molecule has 0 aromatic heterocycles. The van der Waals surface area contributed by atoms with E-state index in [4.69, 9.17) is 14.2 Å². The summed E-state index contributed by atoms with van der Waals surface area (Å²) in [6, 6.07) is 11.7. The molecule has 0 unspecified atom stereocenters. The lowest BCUT2D eigenvalue weighted by Crippen LogP contribution is -2.47. The summed E-state index contributed by atoms with van der Waals surface area (Å²) in [7, 11) is 3.23. The van der Waals surface area contributed by atoms with Crippen molar-refractivity contribution >= 4 is 17.3 Å². The Hall–Kier alpha value is -2.89. The molecule has 2 heterocycles. The molecule has 2 aliphatic heterocycles. The molecule has 27 heavy (non-hydrogen) atoms. The Kier molecular flexibility index (Phi) is 4.79. The summed E-state index contributed by atoms with van der Waals surface area (Å²) in [6.07, 6.45) is 1.10. The lowest BCUT2D eigenvalue weighted by Gasteiger charge is -2.41. The molecule has 2 aliphatic rings. The van der Waals surface area contributed by atoms with Crippen LogP contribution in [0.2, 0.25) is 0 Å². The van der Waals surface area contributed by atoms with Crippen molar-refractivity contribution in [1.82, 2.24) is 0 Å². The average molecular weight is 368 g/mol. The molecular weight excluding hydrogens is 344 g/mol. The van der Waals surface area contributed by atoms with E-state index in [0.29, 0.717) is 37.5 Å². The third-order valence-corrected chi connectivity index (χ3v) is 5.17. The van der Waals surface area contributed by atoms with Gasteiger partial charge in [-0.25, -0.2) is 0 Å². The fraction of sp³-hybridized carbons (Fsp3) is 0.381. The molecule has 0 saturated carbocycles. The first-order valence-corrected chi connectivity index (χ1v) is 9.23. The molecule has 6 heteroatoms. The first-order chi connectivity index (χ1) is 13.2. The first-order valence-electron chi connectivity index (χ1n) is 9.23. The summed E-state index contributed by atoms with van der Waals surface area (Å²) in [4.78, 5) is 17.2. The Morgan fingerprint density at radius 3 is 2.74 bits per heavy atom. The monoisotopic (exact) mass is 368 g/mol. The fourth-order valence-electron chi connectivity index (χ4n) is 3.79. The van der Waals surface area contributed by atoms with Gasteiger partial charge in [0.05, 0.1) is 26.5 Å². The summed E-state index contributed by atoms with van der Waals surface area (Å²) in [5.74, 6) is 2.38. The fourth-order valence-corrected chi connectivity index (χ4v) is 3.79. The Labute approximate surface area is 159 Å². The number of para-hydroxylation sites is 1. The summed E-state index contributed by atoms with van der Waals surface area (Å²) in [5, 5.41) is 0. The number of hydrogen-bond donors (Lipinski definition) is 0. The second kappa shape index (κ2) is 7.39. The molecule has 2 aromatic rings. The average Bonchev–Trinajstić information content (AvgIpc) is 2.72. The first kappa shape index (κ1) is 17.5. The van der Waals surface area contributed by atoms with Crippen molar-refractivity contribution in [1.29, 1.82) is 0 Å². The van der Waals surface area contributed by atoms with E-state index in [1.807, 2.05) is 41.3 Å². The van der Waals surface area contributed by atoms with Gasteiger partial charge in [0.25, 0.3) is 0 Å². The number of benzene rings is 2. The number of aryl methyl sites for hydroxylation is 1. The predicted molar refractivity (Wildman–Crippen MR) is 104 cm³/mol. The topological polar surface area (TPSA) is 51.2 Å². The van der Waals surface area contributed by atoms with E-state index in [1.54, 1.807) is 14.2 Å². The number of carbonyl (C=O) groups excluding carboxylic acids is 1. The molecule has 0 bridgehead atoms. The van der Waals surface area contributed by atoms with Crippen LogP contribution in [-0.2, 0) is 11.2 Å². The highest BCUT2D eigenvalue weighted by molar-refractivity contribution is 5.99. The number of nitrogens with zero attached hydrogens (tertiary/aromatic N) is 2. The van der Waals surface area contributed by atoms with Crippen molar-refractivity contribution in [2.45, 2.75) is 12.8 Å². The predicted octanol–water partition coefficient (Wildman–Crippen LogP) is 2.88. The lowest BCUT2D eigenvalue weighted by atomic mass is 10.1. The zero-order chi connectivity index (χ0) is 18.8. The van der Waals surface area contributed by atoms with Gasteiger partial charge in [-0.05, 0) is 36.2 Å². The second-order valence-corrected chi connectivity index (χ2v) is 6.69. The van der Waals surface area contributed by atoms with E-state index in [1.165, 1.54) is 0 Å². The Bertz CT molecular complexity index is 852. The molecule has 6 nitrogen and oxygen atoms in total. The van der Waals surface area contributed by atoms with Gasteiger partial charge in [-0.3, -0.25) is 4.79 Å². The molecule has 0 atom stereocenters. The van der Waals surface area contributed by atoms with Crippen LogP contribution >= 0.6 is 0 Å². The van der Waals surface area contributed by atoms with Crippen LogP contribution in [0.1, 0.15) is 12.0 Å². The maximum atomic E-state index is 12.9. The number of rotatable bonds is 5. The molecule has 4 rings (SSSR count). The Balaban J connectivity index is 1.49. The SMILES string of the molecule is COc1ccc(CCC(=O)N2CCN3CCOc4cccc2c43)cc1OC. The number of amides is 1. The van der Waals surface area contributed by atoms with E-state index in [-0.39, 0.29) is 5.91 Å². The Morgan fingerprint density at radius 2 is 1.93 bits per heavy atom. The van der Waals surface area contributed by atoms with Gasteiger partial charge in [-0.15, -0.1) is 0 Å². The van der Waals surface area contributed by atoms with Crippen molar-refractivity contribution < 1.29 is 19.0 Å². The van der Waals surface area contributed by atoms with Gasteiger partial charge in [0, 0.05) is 19.5 Å². The van der Waals surface area contributed by atoms with E-state index in [2.05, 4.69) is 4.90 Å². The maximum absolute atomic E-state index is 12.9. The lowest BCUT2D eigenvalue weighted by molar-refractivity contribution is -0.118. The third-order valence-electron chi connectivity index (χ3n) is 5.17. The van der Waals surface area contributed by atoms with Gasteiger partial charge in [-0.1, -0.05) is 12.1 Å². The van der Waals surface area contributed by atoms with Crippen LogP contribution in [0.25, 0.3) is 0 Å². The molecule has 0 saturated heterocycles. The summed E-state index contributed by atoms with van der Waals surface area (Å²) in [6.45, 7) is 3.12. The van der Waals surface area contributed by atoms with Crippen LogP contribution in [0, 0.1) is 0 Å². The standard InChI is InChI=1S/C21H24N2O4/c1-25-17-8-6-15(14-19(17)26-2)7-9-20(24)23-11-10-22-12-13-27-18-5-3-4-16(23)21(18)22/h3-6,8,14H,7,9-13H2,1-2H3. The number of carbonyl (C=O) groups is 1. The van der Waals surface area contributed by atoms with Crippen molar-refractivity contribution in [3.05, 3.63) is 42.0 Å². The van der Waals surface area contributed by atoms with Crippen LogP contribution in [0.15, 0.2) is 36.4 Å². The number of ether oxygens (including phenoxy) is 3. The van der Waals surface area contributed by atoms with Crippen LogP contribution < -0.4 is 24.0 Å². The summed E-state index contributed by atoms with van der Waals surface area (Å²) in [5.41, 5.74) is 3.06. The molecule has 0 fully saturated rings. The van der Waals surface area contributed by atoms with E-state index in [0.717, 1.165) is 35.8 Å². The zero-order valence-electron chi connectivity index (χ0n) is 15.7. The van der Waals surface area contributed by atoms with Gasteiger partial charge < -0.3 is 24.0 Å². The second-order valence-electron chi connectivity index (χ2n) is 6.69. The van der Waals surface area contributed by atoms with Gasteiger partial charge >= 0.3 is 0 Å². The highest BCUT2D eigenvalue weighted by atomic mass is 16.5. The van der Waals surface area contributed by atoms with Crippen molar-refractivity contribution in [2.24, 2.45) is 0 Å². The largest absolute Gasteiger partial charge is 0.493 e. The third kappa shape index (κ3) is 3.27. The van der Waals surface area contributed by atoms with Gasteiger partial charge in [0.15, 0.2) is 11.5 Å². The molecule has 0 spiro atoms. The molecule has 142 valence electrons. The van der Waals surface area contributed by atoms with E-state index in [9.17, 15) is 4.79 Å². The smallest absolute Gasteiger partial charge is 0.227 e. The van der Waals surface area contributed by atoms with Crippen LogP contribution in [-0.4, -0.2) is 46.4 Å². The van der Waals surface area contributed by atoms with E-state index < -0.39 is 0 Å². The number of anilines is 2. The molecule has 0 radical (unpaired) electrons. The number of methoxy groups -OCH3 is 2. The summed E-state index contributed by atoms with van der Waals surface area (Å²) >= 11 is 0. The van der Waals surface area contributed by atoms with Crippen LogP contribution in [0.5, 0.6) is 17.2 Å². The highest BCUT2D eigenvalue weighted by Crippen LogP contribution is 2.42. The highest BCUT2D eigenvalue weighted by Gasteiger charge is 2.31. The van der Waals surface area contributed by atoms with Crippen LogP contribution in [0.4, 0.5) is 11.4 Å². The minimum atomic E-state index is 0.128. The van der Waals surface area contributed by atoms with Crippen LogP contribution in [0.3, 0.4) is 0 Å². The maximum Gasteiger partial charge on any atom is 0.227 e.